The fourth-order valence-corrected chi connectivity index (χ4v) is 3.76. The Balaban J connectivity index is 2.71. The van der Waals surface area contributed by atoms with Gasteiger partial charge in [-0.1, -0.05) is 37.3 Å². The van der Waals surface area contributed by atoms with Crippen molar-refractivity contribution in [2.24, 2.45) is 5.73 Å². The number of amidine groups is 2. The molecule has 1 fully saturated rings. The number of allylic oxidation sites excluding steroid dienone is 6. The van der Waals surface area contributed by atoms with Crippen LogP contribution >= 0.6 is 11.6 Å². The Morgan fingerprint density at radius 3 is 2.48 bits per heavy atom. The molecule has 2 rings (SSSR count). The van der Waals surface area contributed by atoms with E-state index >= 15 is 4.39 Å². The monoisotopic (exact) mass is 418 g/mol. The lowest BCUT2D eigenvalue weighted by Crippen LogP contribution is -2.52. The van der Waals surface area contributed by atoms with Crippen LogP contribution in [0.5, 0.6) is 0 Å². The summed E-state index contributed by atoms with van der Waals surface area (Å²) in [4.78, 5) is 0. The van der Waals surface area contributed by atoms with Crippen LogP contribution in [0.3, 0.4) is 0 Å². The summed E-state index contributed by atoms with van der Waals surface area (Å²) >= 11 is 6.00. The number of hydrogen-bond acceptors (Lipinski definition) is 5. The largest absolute Gasteiger partial charge is 0.402 e. The van der Waals surface area contributed by atoms with Gasteiger partial charge in [0.15, 0.2) is 0 Å². The highest BCUT2D eigenvalue weighted by Crippen LogP contribution is 2.40. The summed E-state index contributed by atoms with van der Waals surface area (Å²) in [7, 11) is 0. The smallest absolute Gasteiger partial charge is 0.148 e. The van der Waals surface area contributed by atoms with E-state index in [-0.39, 0.29) is 29.5 Å². The summed E-state index contributed by atoms with van der Waals surface area (Å²) in [6, 6.07) is -0.786. The van der Waals surface area contributed by atoms with Crippen molar-refractivity contribution in [3.63, 3.8) is 0 Å². The van der Waals surface area contributed by atoms with Gasteiger partial charge in [0.2, 0.25) is 0 Å². The second-order valence-electron chi connectivity index (χ2n) is 7.16. The van der Waals surface area contributed by atoms with Gasteiger partial charge in [0.05, 0.1) is 11.4 Å². The first-order valence-corrected chi connectivity index (χ1v) is 9.75. The third-order valence-corrected chi connectivity index (χ3v) is 5.19. The first-order valence-electron chi connectivity index (χ1n) is 9.37. The van der Waals surface area contributed by atoms with Crippen LogP contribution in [0.15, 0.2) is 58.0 Å². The fourth-order valence-electron chi connectivity index (χ4n) is 3.56. The Labute approximate surface area is 176 Å². The minimum atomic E-state index is -1.37. The van der Waals surface area contributed by atoms with Gasteiger partial charge >= 0.3 is 0 Å². The number of hydrazine groups is 1. The first kappa shape index (κ1) is 22.6. The number of alkyl halides is 1. The highest BCUT2D eigenvalue weighted by molar-refractivity contribution is 6.29. The van der Waals surface area contributed by atoms with Crippen LogP contribution in [0.1, 0.15) is 40.5 Å². The molecule has 2 aliphatic rings. The van der Waals surface area contributed by atoms with Crippen molar-refractivity contribution in [3.05, 3.63) is 58.0 Å². The highest BCUT2D eigenvalue weighted by Gasteiger charge is 2.46. The molecule has 0 aromatic heterocycles. The summed E-state index contributed by atoms with van der Waals surface area (Å²) in [6.07, 6.45) is 4.50. The zero-order chi connectivity index (χ0) is 22.0. The lowest BCUT2D eigenvalue weighted by atomic mass is 9.90. The molecule has 1 aliphatic carbocycles. The summed E-state index contributed by atoms with van der Waals surface area (Å²) in [5, 5.41) is 28.8. The Morgan fingerprint density at radius 2 is 2.00 bits per heavy atom. The van der Waals surface area contributed by atoms with Crippen molar-refractivity contribution in [1.29, 1.82) is 16.2 Å². The van der Waals surface area contributed by atoms with Gasteiger partial charge in [-0.05, 0) is 44.4 Å². The Hall–Kier alpha value is -2.67. The number of nitrogens with zero attached hydrogens (tertiary/aromatic N) is 2. The molecule has 2 atom stereocenters. The molecular formula is C21H28ClFN6. The Bertz CT molecular complexity index is 891. The van der Waals surface area contributed by atoms with Gasteiger partial charge in [0.1, 0.15) is 23.9 Å². The number of nitrogens with one attached hydrogen (secondary N) is 3. The van der Waals surface area contributed by atoms with E-state index in [1.165, 1.54) is 16.9 Å². The molecule has 156 valence electrons. The maximum atomic E-state index is 15.0. The summed E-state index contributed by atoms with van der Waals surface area (Å²) in [5.41, 5.74) is 8.23. The van der Waals surface area contributed by atoms with Crippen LogP contribution in [0, 0.1) is 16.2 Å². The normalized spacial score (nSPS) is 24.3. The SMILES string of the molecule is C=C1C(=N)C(=C(C)N)C(C2=CC=C(Cl)CC2F)N1N(C(C)=N)C(=N)/C(C)=C\CC. The molecule has 1 saturated heterocycles. The van der Waals surface area contributed by atoms with Crippen LogP contribution in [0.25, 0.3) is 0 Å². The molecule has 0 bridgehead atoms. The van der Waals surface area contributed by atoms with E-state index in [2.05, 4.69) is 6.58 Å². The molecule has 29 heavy (non-hydrogen) atoms. The predicted octanol–water partition coefficient (Wildman–Crippen LogP) is 4.78. The Morgan fingerprint density at radius 1 is 1.38 bits per heavy atom. The summed E-state index contributed by atoms with van der Waals surface area (Å²) in [6.45, 7) is 10.9. The zero-order valence-corrected chi connectivity index (χ0v) is 18.0. The van der Waals surface area contributed by atoms with Gasteiger partial charge < -0.3 is 5.73 Å². The van der Waals surface area contributed by atoms with Crippen LogP contribution in [-0.2, 0) is 0 Å². The quantitative estimate of drug-likeness (QED) is 0.390. The maximum absolute atomic E-state index is 15.0. The lowest BCUT2D eigenvalue weighted by Gasteiger charge is -2.40. The van der Waals surface area contributed by atoms with Gasteiger partial charge in [0, 0.05) is 22.7 Å². The van der Waals surface area contributed by atoms with E-state index in [1.54, 1.807) is 26.0 Å². The van der Waals surface area contributed by atoms with E-state index in [0.717, 1.165) is 6.42 Å². The van der Waals surface area contributed by atoms with E-state index in [4.69, 9.17) is 33.6 Å². The van der Waals surface area contributed by atoms with Crippen LogP contribution in [0.4, 0.5) is 4.39 Å². The second kappa shape index (κ2) is 8.78. The molecule has 0 aromatic rings. The topological polar surface area (TPSA) is 104 Å². The van der Waals surface area contributed by atoms with Crippen LogP contribution in [0.2, 0.25) is 0 Å². The third kappa shape index (κ3) is 4.19. The average molecular weight is 419 g/mol. The standard InChI is InChI=1S/C21H28ClFN6/c1-6-7-11(2)21(27)29(14(5)25)28-13(4)19(26)18(12(3)24)20(28)16-9-8-15(22)10-17(16)23/h7-9,17,20,25-27H,4,6,10,24H2,1-3,5H3/b11-7-,18-12?,25-14?,26-19?,27-21?. The maximum Gasteiger partial charge on any atom is 0.148 e. The van der Waals surface area contributed by atoms with E-state index in [9.17, 15) is 0 Å². The molecule has 0 amide bonds. The molecule has 5 N–H and O–H groups in total. The summed E-state index contributed by atoms with van der Waals surface area (Å²) in [5.74, 6) is 0.115. The van der Waals surface area contributed by atoms with Crippen molar-refractivity contribution >= 4 is 29.0 Å². The minimum Gasteiger partial charge on any atom is -0.402 e. The molecule has 0 spiro atoms. The molecule has 0 aromatic carbocycles. The predicted molar refractivity (Wildman–Crippen MR) is 118 cm³/mol. The van der Waals surface area contributed by atoms with E-state index in [1.807, 2.05) is 13.0 Å². The molecule has 1 aliphatic heterocycles. The molecule has 0 saturated carbocycles. The van der Waals surface area contributed by atoms with Crippen molar-refractivity contribution in [2.45, 2.75) is 52.8 Å². The average Bonchev–Trinajstić information content (AvgIpc) is 2.87. The van der Waals surface area contributed by atoms with Gasteiger partial charge in [-0.2, -0.15) is 0 Å². The van der Waals surface area contributed by atoms with Gasteiger partial charge in [-0.15, -0.1) is 0 Å². The molecule has 0 radical (unpaired) electrons. The molecule has 1 heterocycles. The van der Waals surface area contributed by atoms with E-state index in [0.29, 0.717) is 27.4 Å². The Kier molecular flexibility index (Phi) is 6.85. The van der Waals surface area contributed by atoms with Crippen molar-refractivity contribution in [3.8, 4) is 0 Å². The van der Waals surface area contributed by atoms with Gasteiger partial charge in [0.25, 0.3) is 0 Å². The first-order chi connectivity index (χ1) is 13.5. The second-order valence-corrected chi connectivity index (χ2v) is 7.64. The van der Waals surface area contributed by atoms with Crippen LogP contribution in [-0.4, -0.2) is 39.6 Å². The third-order valence-electron chi connectivity index (χ3n) is 4.91. The van der Waals surface area contributed by atoms with Crippen molar-refractivity contribution in [1.82, 2.24) is 10.0 Å². The van der Waals surface area contributed by atoms with Crippen LogP contribution < -0.4 is 5.73 Å². The molecular weight excluding hydrogens is 391 g/mol. The van der Waals surface area contributed by atoms with Gasteiger partial charge in [-0.25, -0.2) is 9.40 Å². The minimum absolute atomic E-state index is 0.0320. The molecule has 8 heteroatoms. The molecule has 6 nitrogen and oxygen atoms in total. The fraction of sp³-hybridized carbons (Fsp3) is 0.381. The number of halogens is 2. The summed E-state index contributed by atoms with van der Waals surface area (Å²) < 4.78 is 15.0. The number of nitrogens with two attached hydrogens (primary N) is 1. The van der Waals surface area contributed by atoms with E-state index < -0.39 is 12.2 Å². The highest BCUT2D eigenvalue weighted by atomic mass is 35.5. The number of hydrogen-bond donors (Lipinski definition) is 4. The van der Waals surface area contributed by atoms with Crippen molar-refractivity contribution < 1.29 is 4.39 Å². The zero-order valence-electron chi connectivity index (χ0n) is 17.2. The van der Waals surface area contributed by atoms with Crippen molar-refractivity contribution in [2.75, 3.05) is 0 Å². The lowest BCUT2D eigenvalue weighted by molar-refractivity contribution is 0.149. The number of rotatable bonds is 4. The molecule has 2 unspecified atom stereocenters. The van der Waals surface area contributed by atoms with Gasteiger partial charge in [-0.3, -0.25) is 21.2 Å².